The fourth-order valence-corrected chi connectivity index (χ4v) is 2.36. The summed E-state index contributed by atoms with van der Waals surface area (Å²) in [6, 6.07) is 0. The fourth-order valence-electron chi connectivity index (χ4n) is 2.36. The fraction of sp³-hybridized carbons (Fsp3) is 0.667. The van der Waals surface area contributed by atoms with Crippen LogP contribution >= 0.6 is 0 Å². The SMILES string of the molecule is CC(=O)OC[C@@H]1O[C@@H](N=C=O)[C@H](OC(C)=O)[C@H](OC(C)=O)[C@@H]1OC(C)=O. The molecule has 0 spiro atoms. The second-order valence-corrected chi connectivity index (χ2v) is 5.31. The van der Waals surface area contributed by atoms with Crippen LogP contribution in [0.25, 0.3) is 0 Å². The van der Waals surface area contributed by atoms with Gasteiger partial charge in [-0.15, -0.1) is 0 Å². The predicted molar refractivity (Wildman–Crippen MR) is 80.1 cm³/mol. The molecular weight excluding hydrogens is 354 g/mol. The van der Waals surface area contributed by atoms with E-state index in [2.05, 4.69) is 4.99 Å². The van der Waals surface area contributed by atoms with Gasteiger partial charge in [-0.2, -0.15) is 4.99 Å². The number of carbonyl (C=O) groups excluding carboxylic acids is 5. The van der Waals surface area contributed by atoms with E-state index >= 15 is 0 Å². The monoisotopic (exact) mass is 373 g/mol. The minimum atomic E-state index is -1.41. The number of hydrogen-bond acceptors (Lipinski definition) is 11. The summed E-state index contributed by atoms with van der Waals surface area (Å²) in [5.74, 6) is -2.94. The van der Waals surface area contributed by atoms with E-state index in [1.54, 1.807) is 0 Å². The van der Waals surface area contributed by atoms with Gasteiger partial charge in [0.05, 0.1) is 0 Å². The van der Waals surface area contributed by atoms with E-state index in [-0.39, 0.29) is 6.61 Å². The van der Waals surface area contributed by atoms with E-state index in [0.29, 0.717) is 0 Å². The third kappa shape index (κ3) is 6.26. The molecule has 0 amide bonds. The lowest BCUT2D eigenvalue weighted by molar-refractivity contribution is -0.250. The third-order valence-electron chi connectivity index (χ3n) is 3.15. The van der Waals surface area contributed by atoms with E-state index in [1.807, 2.05) is 0 Å². The first-order valence-electron chi connectivity index (χ1n) is 7.53. The van der Waals surface area contributed by atoms with Gasteiger partial charge in [-0.25, -0.2) is 4.79 Å². The van der Waals surface area contributed by atoms with Crippen molar-refractivity contribution < 1.29 is 47.7 Å². The molecule has 0 radical (unpaired) electrons. The third-order valence-corrected chi connectivity index (χ3v) is 3.15. The van der Waals surface area contributed by atoms with Gasteiger partial charge in [0.15, 0.2) is 18.3 Å². The van der Waals surface area contributed by atoms with Crippen LogP contribution in [0, 0.1) is 0 Å². The van der Waals surface area contributed by atoms with E-state index in [0.717, 1.165) is 27.7 Å². The van der Waals surface area contributed by atoms with E-state index in [1.165, 1.54) is 6.08 Å². The molecule has 0 bridgehead atoms. The van der Waals surface area contributed by atoms with Gasteiger partial charge in [0.1, 0.15) is 12.7 Å². The zero-order chi connectivity index (χ0) is 19.9. The minimum absolute atomic E-state index is 0.386. The first-order chi connectivity index (χ1) is 12.1. The Bertz CT molecular complexity index is 612. The Kier molecular flexibility index (Phi) is 7.88. The summed E-state index contributed by atoms with van der Waals surface area (Å²) in [5, 5.41) is 0. The van der Waals surface area contributed by atoms with Gasteiger partial charge in [0.2, 0.25) is 12.3 Å². The van der Waals surface area contributed by atoms with Crippen LogP contribution in [-0.2, 0) is 47.7 Å². The Hall–Kier alpha value is -2.78. The standard InChI is InChI=1S/C15H19NO10/c1-7(18)22-5-11-12(23-8(2)19)13(24-9(3)20)14(25-10(4)21)15(26-11)16-6-17/h11-15H,5H2,1-4H3/t11-,12+,13+,14+,15+/m0/s1. The lowest BCUT2D eigenvalue weighted by Gasteiger charge is -2.42. The highest BCUT2D eigenvalue weighted by Gasteiger charge is 2.52. The Balaban J connectivity index is 3.28. The molecule has 0 saturated carbocycles. The summed E-state index contributed by atoms with van der Waals surface area (Å²) in [7, 11) is 0. The molecule has 0 aromatic carbocycles. The number of ether oxygens (including phenoxy) is 5. The van der Waals surface area contributed by atoms with Gasteiger partial charge in [-0.05, 0) is 0 Å². The molecule has 1 heterocycles. The number of esters is 4. The maximum Gasteiger partial charge on any atom is 0.303 e. The predicted octanol–water partition coefficient (Wildman–Crippen LogP) is -0.595. The maximum atomic E-state index is 11.5. The molecule has 26 heavy (non-hydrogen) atoms. The molecule has 5 atom stereocenters. The van der Waals surface area contributed by atoms with Gasteiger partial charge < -0.3 is 23.7 Å². The van der Waals surface area contributed by atoms with Crippen molar-refractivity contribution in [2.45, 2.75) is 58.3 Å². The van der Waals surface area contributed by atoms with Crippen LogP contribution in [0.4, 0.5) is 0 Å². The first-order valence-corrected chi connectivity index (χ1v) is 7.53. The normalized spacial score (nSPS) is 27.5. The Morgan fingerprint density at radius 3 is 1.81 bits per heavy atom. The Labute approximate surface area is 148 Å². The van der Waals surface area contributed by atoms with Crippen LogP contribution in [0.1, 0.15) is 27.7 Å². The second-order valence-electron chi connectivity index (χ2n) is 5.31. The number of rotatable bonds is 6. The van der Waals surface area contributed by atoms with Crippen LogP contribution in [0.15, 0.2) is 4.99 Å². The van der Waals surface area contributed by atoms with Gasteiger partial charge in [-0.1, -0.05) is 0 Å². The summed E-state index contributed by atoms with van der Waals surface area (Å²) in [6.07, 6.45) is -5.30. The van der Waals surface area contributed by atoms with Crippen molar-refractivity contribution in [2.75, 3.05) is 6.61 Å². The summed E-state index contributed by atoms with van der Waals surface area (Å²) in [6.45, 7) is 4.03. The Morgan fingerprint density at radius 2 is 1.35 bits per heavy atom. The molecule has 1 saturated heterocycles. The molecule has 144 valence electrons. The highest BCUT2D eigenvalue weighted by Crippen LogP contribution is 2.29. The van der Waals surface area contributed by atoms with E-state index in [4.69, 9.17) is 23.7 Å². The smallest absolute Gasteiger partial charge is 0.303 e. The highest BCUT2D eigenvalue weighted by atomic mass is 16.7. The first kappa shape index (κ1) is 21.3. The molecular formula is C15H19NO10. The number of carbonyl (C=O) groups is 4. The van der Waals surface area contributed by atoms with Gasteiger partial charge >= 0.3 is 23.9 Å². The van der Waals surface area contributed by atoms with Crippen molar-refractivity contribution in [3.63, 3.8) is 0 Å². The number of hydrogen-bond donors (Lipinski definition) is 0. The lowest BCUT2D eigenvalue weighted by atomic mass is 9.97. The zero-order valence-corrected chi connectivity index (χ0v) is 14.6. The molecule has 0 aromatic heterocycles. The van der Waals surface area contributed by atoms with Gasteiger partial charge in [0.25, 0.3) is 0 Å². The minimum Gasteiger partial charge on any atom is -0.463 e. The molecule has 1 aliphatic rings. The number of aliphatic imine (C=N–C) groups is 1. The molecule has 0 aromatic rings. The summed E-state index contributed by atoms with van der Waals surface area (Å²) in [5.41, 5.74) is 0. The van der Waals surface area contributed by atoms with E-state index < -0.39 is 54.5 Å². The van der Waals surface area contributed by atoms with Crippen LogP contribution in [0.5, 0.6) is 0 Å². The second kappa shape index (κ2) is 9.64. The van der Waals surface area contributed by atoms with Crippen LogP contribution in [-0.4, -0.2) is 67.2 Å². The maximum absolute atomic E-state index is 11.5. The van der Waals surface area contributed by atoms with Crippen molar-refractivity contribution in [1.29, 1.82) is 0 Å². The number of nitrogens with zero attached hydrogens (tertiary/aromatic N) is 1. The zero-order valence-electron chi connectivity index (χ0n) is 14.6. The Morgan fingerprint density at radius 1 is 0.846 bits per heavy atom. The molecule has 0 unspecified atom stereocenters. The highest BCUT2D eigenvalue weighted by molar-refractivity contribution is 5.68. The van der Waals surface area contributed by atoms with Crippen molar-refractivity contribution >= 4 is 30.0 Å². The molecule has 1 aliphatic heterocycles. The largest absolute Gasteiger partial charge is 0.463 e. The lowest BCUT2D eigenvalue weighted by Crippen LogP contribution is -2.61. The average Bonchev–Trinajstić information content (AvgIpc) is 2.50. The molecule has 0 N–H and O–H groups in total. The van der Waals surface area contributed by atoms with Crippen molar-refractivity contribution in [1.82, 2.24) is 0 Å². The molecule has 0 aliphatic carbocycles. The van der Waals surface area contributed by atoms with Crippen LogP contribution < -0.4 is 0 Å². The average molecular weight is 373 g/mol. The van der Waals surface area contributed by atoms with Crippen LogP contribution in [0.3, 0.4) is 0 Å². The molecule has 1 rings (SSSR count). The van der Waals surface area contributed by atoms with E-state index in [9.17, 15) is 24.0 Å². The molecule has 1 fully saturated rings. The summed E-state index contributed by atoms with van der Waals surface area (Å²) < 4.78 is 25.6. The molecule has 11 nitrogen and oxygen atoms in total. The number of isocyanates is 1. The van der Waals surface area contributed by atoms with Crippen molar-refractivity contribution in [3.8, 4) is 0 Å². The quantitative estimate of drug-likeness (QED) is 0.256. The summed E-state index contributed by atoms with van der Waals surface area (Å²) in [4.78, 5) is 59.4. The van der Waals surface area contributed by atoms with Gasteiger partial charge in [0, 0.05) is 27.7 Å². The molecule has 11 heteroatoms. The van der Waals surface area contributed by atoms with Crippen LogP contribution in [0.2, 0.25) is 0 Å². The van der Waals surface area contributed by atoms with Crippen molar-refractivity contribution in [2.24, 2.45) is 4.99 Å². The summed E-state index contributed by atoms with van der Waals surface area (Å²) >= 11 is 0. The topological polar surface area (TPSA) is 144 Å². The van der Waals surface area contributed by atoms with Crippen molar-refractivity contribution in [3.05, 3.63) is 0 Å². The van der Waals surface area contributed by atoms with Gasteiger partial charge in [-0.3, -0.25) is 19.2 Å².